The van der Waals surface area contributed by atoms with Crippen molar-refractivity contribution in [2.75, 3.05) is 6.61 Å². The van der Waals surface area contributed by atoms with Crippen LogP contribution in [0.5, 0.6) is 0 Å². The first-order chi connectivity index (χ1) is 8.65. The van der Waals surface area contributed by atoms with Crippen molar-refractivity contribution in [3.63, 3.8) is 0 Å². The molecular formula is C14H23NO3. The van der Waals surface area contributed by atoms with E-state index in [1.165, 1.54) is 12.8 Å². The van der Waals surface area contributed by atoms with E-state index >= 15 is 0 Å². The average Bonchev–Trinajstić information content (AvgIpc) is 2.75. The number of carbonyl (C=O) groups is 2. The molecule has 0 aromatic carbocycles. The monoisotopic (exact) mass is 253 g/mol. The van der Waals surface area contributed by atoms with Gasteiger partial charge < -0.3 is 9.64 Å². The molecule has 0 aromatic rings. The van der Waals surface area contributed by atoms with E-state index in [0.29, 0.717) is 12.5 Å². The lowest BCUT2D eigenvalue weighted by atomic mass is 9.85. The van der Waals surface area contributed by atoms with Gasteiger partial charge in [0, 0.05) is 13.0 Å². The number of amides is 1. The third-order valence-electron chi connectivity index (χ3n) is 4.17. The van der Waals surface area contributed by atoms with Crippen LogP contribution in [0, 0.1) is 5.92 Å². The van der Waals surface area contributed by atoms with Gasteiger partial charge in [0.05, 0.1) is 6.61 Å². The number of carbonyl (C=O) groups excluding carboxylic acids is 2. The molecule has 1 saturated carbocycles. The van der Waals surface area contributed by atoms with Crippen LogP contribution < -0.4 is 0 Å². The minimum atomic E-state index is -0.331. The lowest BCUT2D eigenvalue weighted by molar-refractivity contribution is -0.154. The van der Waals surface area contributed by atoms with Crippen molar-refractivity contribution >= 4 is 11.9 Å². The van der Waals surface area contributed by atoms with Gasteiger partial charge >= 0.3 is 5.97 Å². The molecule has 0 bridgehead atoms. The van der Waals surface area contributed by atoms with Crippen molar-refractivity contribution in [2.24, 2.45) is 5.92 Å². The topological polar surface area (TPSA) is 46.6 Å². The summed E-state index contributed by atoms with van der Waals surface area (Å²) >= 11 is 0. The minimum Gasteiger partial charge on any atom is -0.464 e. The maximum Gasteiger partial charge on any atom is 0.328 e. The van der Waals surface area contributed by atoms with Gasteiger partial charge in [0.1, 0.15) is 6.04 Å². The van der Waals surface area contributed by atoms with Crippen LogP contribution in [0.15, 0.2) is 0 Å². The van der Waals surface area contributed by atoms with Crippen LogP contribution >= 0.6 is 0 Å². The third kappa shape index (κ3) is 2.52. The SMILES string of the molecule is CCCOC(=O)C1CC2CCCCC2N1C(C)=O. The highest BCUT2D eigenvalue weighted by atomic mass is 16.5. The molecule has 4 nitrogen and oxygen atoms in total. The summed E-state index contributed by atoms with van der Waals surface area (Å²) in [5.41, 5.74) is 0. The maximum absolute atomic E-state index is 12.0. The molecular weight excluding hydrogens is 230 g/mol. The Balaban J connectivity index is 2.08. The molecule has 4 heteroatoms. The standard InChI is InChI=1S/C14H23NO3/c1-3-8-18-14(17)13-9-11-6-4-5-7-12(11)15(13)10(2)16/h11-13H,3-9H2,1-2H3. The van der Waals surface area contributed by atoms with E-state index in [1.807, 2.05) is 6.92 Å². The lowest BCUT2D eigenvalue weighted by Crippen LogP contribution is -2.45. The highest BCUT2D eigenvalue weighted by molar-refractivity contribution is 5.84. The largest absolute Gasteiger partial charge is 0.464 e. The zero-order valence-corrected chi connectivity index (χ0v) is 11.4. The molecule has 1 aliphatic heterocycles. The molecule has 18 heavy (non-hydrogen) atoms. The van der Waals surface area contributed by atoms with Crippen molar-refractivity contribution in [1.82, 2.24) is 4.90 Å². The van der Waals surface area contributed by atoms with E-state index in [4.69, 9.17) is 4.74 Å². The minimum absolute atomic E-state index is 0.0165. The summed E-state index contributed by atoms with van der Waals surface area (Å²) in [5.74, 6) is 0.311. The molecule has 0 radical (unpaired) electrons. The molecule has 1 amide bonds. The van der Waals surface area contributed by atoms with Crippen molar-refractivity contribution in [1.29, 1.82) is 0 Å². The van der Waals surface area contributed by atoms with E-state index in [-0.39, 0.29) is 24.0 Å². The number of rotatable bonds is 3. The molecule has 1 heterocycles. The van der Waals surface area contributed by atoms with Gasteiger partial charge in [0.25, 0.3) is 0 Å². The number of hydrogen-bond donors (Lipinski definition) is 0. The fourth-order valence-electron chi connectivity index (χ4n) is 3.42. The molecule has 102 valence electrons. The Morgan fingerprint density at radius 2 is 2.00 bits per heavy atom. The Kier molecular flexibility index (Phi) is 4.25. The Bertz CT molecular complexity index is 329. The van der Waals surface area contributed by atoms with Crippen LogP contribution in [0.2, 0.25) is 0 Å². The second-order valence-corrected chi connectivity index (χ2v) is 5.46. The molecule has 2 aliphatic rings. The van der Waals surface area contributed by atoms with Crippen molar-refractivity contribution in [3.05, 3.63) is 0 Å². The number of esters is 1. The van der Waals surface area contributed by atoms with Gasteiger partial charge in [-0.2, -0.15) is 0 Å². The first-order valence-electron chi connectivity index (χ1n) is 7.10. The van der Waals surface area contributed by atoms with Gasteiger partial charge in [-0.25, -0.2) is 4.79 Å². The number of ether oxygens (including phenoxy) is 1. The molecule has 2 rings (SSSR count). The summed E-state index contributed by atoms with van der Waals surface area (Å²) < 4.78 is 5.23. The summed E-state index contributed by atoms with van der Waals surface area (Å²) in [7, 11) is 0. The first-order valence-corrected chi connectivity index (χ1v) is 7.10. The second-order valence-electron chi connectivity index (χ2n) is 5.46. The van der Waals surface area contributed by atoms with E-state index in [0.717, 1.165) is 25.7 Å². The second kappa shape index (κ2) is 5.72. The Labute approximate surface area is 109 Å². The van der Waals surface area contributed by atoms with Gasteiger partial charge in [0.15, 0.2) is 0 Å². The van der Waals surface area contributed by atoms with Crippen LogP contribution in [-0.4, -0.2) is 35.5 Å². The van der Waals surface area contributed by atoms with Gasteiger partial charge in [0.2, 0.25) is 5.91 Å². The Morgan fingerprint density at radius 3 is 2.67 bits per heavy atom. The molecule has 0 N–H and O–H groups in total. The third-order valence-corrected chi connectivity index (χ3v) is 4.17. The average molecular weight is 253 g/mol. The van der Waals surface area contributed by atoms with Crippen LogP contribution in [0.3, 0.4) is 0 Å². The molecule has 2 fully saturated rings. The van der Waals surface area contributed by atoms with Gasteiger partial charge in [-0.05, 0) is 31.6 Å². The van der Waals surface area contributed by atoms with E-state index < -0.39 is 0 Å². The van der Waals surface area contributed by atoms with Crippen molar-refractivity contribution in [2.45, 2.75) is 64.5 Å². The maximum atomic E-state index is 12.0. The fourth-order valence-corrected chi connectivity index (χ4v) is 3.42. The summed E-state index contributed by atoms with van der Waals surface area (Å²) in [5, 5.41) is 0. The van der Waals surface area contributed by atoms with Crippen molar-refractivity contribution < 1.29 is 14.3 Å². The van der Waals surface area contributed by atoms with E-state index in [1.54, 1.807) is 11.8 Å². The number of nitrogens with zero attached hydrogens (tertiary/aromatic N) is 1. The zero-order chi connectivity index (χ0) is 13.1. The molecule has 3 atom stereocenters. The highest BCUT2D eigenvalue weighted by Gasteiger charge is 2.46. The molecule has 3 unspecified atom stereocenters. The van der Waals surface area contributed by atoms with Crippen LogP contribution in [0.4, 0.5) is 0 Å². The number of fused-ring (bicyclic) bond motifs is 1. The zero-order valence-electron chi connectivity index (χ0n) is 11.4. The summed E-state index contributed by atoms with van der Waals surface area (Å²) in [4.78, 5) is 25.6. The molecule has 1 saturated heterocycles. The predicted molar refractivity (Wildman–Crippen MR) is 67.9 cm³/mol. The van der Waals surface area contributed by atoms with E-state index in [2.05, 4.69) is 0 Å². The fraction of sp³-hybridized carbons (Fsp3) is 0.857. The van der Waals surface area contributed by atoms with Crippen molar-refractivity contribution in [3.8, 4) is 0 Å². The number of hydrogen-bond acceptors (Lipinski definition) is 3. The van der Waals surface area contributed by atoms with Gasteiger partial charge in [-0.3, -0.25) is 4.79 Å². The number of likely N-dealkylation sites (tertiary alicyclic amines) is 1. The summed E-state index contributed by atoms with van der Waals surface area (Å²) in [6, 6.07) is -0.0578. The lowest BCUT2D eigenvalue weighted by Gasteiger charge is -2.32. The molecule has 0 spiro atoms. The predicted octanol–water partition coefficient (Wildman–Crippen LogP) is 2.12. The summed E-state index contributed by atoms with van der Waals surface area (Å²) in [6.45, 7) is 4.00. The van der Waals surface area contributed by atoms with Crippen LogP contribution in [0.25, 0.3) is 0 Å². The first kappa shape index (κ1) is 13.4. The van der Waals surface area contributed by atoms with Crippen LogP contribution in [-0.2, 0) is 14.3 Å². The Hall–Kier alpha value is -1.06. The van der Waals surface area contributed by atoms with E-state index in [9.17, 15) is 9.59 Å². The normalized spacial score (nSPS) is 31.0. The van der Waals surface area contributed by atoms with Gasteiger partial charge in [-0.15, -0.1) is 0 Å². The van der Waals surface area contributed by atoms with Gasteiger partial charge in [-0.1, -0.05) is 19.8 Å². The summed E-state index contributed by atoms with van der Waals surface area (Å²) in [6.07, 6.45) is 6.21. The Morgan fingerprint density at radius 1 is 1.28 bits per heavy atom. The quantitative estimate of drug-likeness (QED) is 0.724. The smallest absolute Gasteiger partial charge is 0.328 e. The molecule has 0 aromatic heterocycles. The molecule has 1 aliphatic carbocycles. The highest BCUT2D eigenvalue weighted by Crippen LogP contribution is 2.40. The van der Waals surface area contributed by atoms with Crippen LogP contribution in [0.1, 0.15) is 52.4 Å².